The molecule has 0 aromatic heterocycles. The van der Waals surface area contributed by atoms with Crippen LogP contribution in [0.15, 0.2) is 29.3 Å². The minimum atomic E-state index is 0. The predicted octanol–water partition coefficient (Wildman–Crippen LogP) is 2.56. The van der Waals surface area contributed by atoms with Gasteiger partial charge >= 0.3 is 0 Å². The van der Waals surface area contributed by atoms with E-state index in [4.69, 9.17) is 10.8 Å². The van der Waals surface area contributed by atoms with E-state index in [1.165, 1.54) is 5.56 Å². The van der Waals surface area contributed by atoms with Crippen molar-refractivity contribution in [2.75, 3.05) is 6.54 Å². The van der Waals surface area contributed by atoms with Crippen molar-refractivity contribution in [3.05, 3.63) is 35.4 Å². The van der Waals surface area contributed by atoms with E-state index in [9.17, 15) is 0 Å². The quantitative estimate of drug-likeness (QED) is 0.641. The summed E-state index contributed by atoms with van der Waals surface area (Å²) in [5.41, 5.74) is 7.86. The van der Waals surface area contributed by atoms with E-state index in [-0.39, 0.29) is 19.0 Å². The summed E-state index contributed by atoms with van der Waals surface area (Å²) in [5.74, 6) is 0.824. The van der Waals surface area contributed by atoms with Gasteiger partial charge in [0.15, 0.2) is 5.17 Å². The van der Waals surface area contributed by atoms with Gasteiger partial charge in [-0.15, -0.1) is 12.4 Å². The van der Waals surface area contributed by atoms with Crippen LogP contribution in [0.2, 0.25) is 0 Å². The van der Waals surface area contributed by atoms with Crippen LogP contribution < -0.4 is 5.73 Å². The van der Waals surface area contributed by atoms with Crippen LogP contribution >= 0.6 is 24.2 Å². The van der Waals surface area contributed by atoms with Gasteiger partial charge in [0.1, 0.15) is 0 Å². The van der Waals surface area contributed by atoms with Gasteiger partial charge < -0.3 is 10.8 Å². The molecule has 1 rings (SSSR count). The summed E-state index contributed by atoms with van der Waals surface area (Å²) in [7, 11) is 0. The van der Waals surface area contributed by atoms with Gasteiger partial charge in [-0.25, -0.2) is 0 Å². The van der Waals surface area contributed by atoms with E-state index in [1.54, 1.807) is 11.8 Å². The molecule has 96 valence electrons. The van der Waals surface area contributed by atoms with Gasteiger partial charge in [-0.3, -0.25) is 4.99 Å². The molecule has 5 heteroatoms. The maximum atomic E-state index is 8.90. The van der Waals surface area contributed by atoms with Crippen LogP contribution in [-0.4, -0.2) is 16.8 Å². The molecule has 0 bridgehead atoms. The smallest absolute Gasteiger partial charge is 0.154 e. The van der Waals surface area contributed by atoms with Crippen LogP contribution in [0.4, 0.5) is 0 Å². The van der Waals surface area contributed by atoms with E-state index < -0.39 is 0 Å². The van der Waals surface area contributed by atoms with Crippen molar-refractivity contribution >= 4 is 29.3 Å². The molecule has 1 aromatic carbocycles. The minimum Gasteiger partial charge on any atom is -0.392 e. The number of nitrogens with two attached hydrogens (primary N) is 1. The molecule has 0 amide bonds. The standard InChI is InChI=1S/C12H18N2OS.ClH/c1-2-7-14-12(13)16-9-11-5-3-10(8-15)4-6-11;/h3-6,15H,2,7-9H2,1H3,(H2,13,14);1H. The Morgan fingerprint density at radius 1 is 1.29 bits per heavy atom. The topological polar surface area (TPSA) is 58.6 Å². The summed E-state index contributed by atoms with van der Waals surface area (Å²) in [6.07, 6.45) is 1.02. The summed E-state index contributed by atoms with van der Waals surface area (Å²) in [5, 5.41) is 9.55. The molecular weight excluding hydrogens is 256 g/mol. The maximum absolute atomic E-state index is 8.90. The third-order valence-corrected chi connectivity index (χ3v) is 2.99. The summed E-state index contributed by atoms with van der Waals surface area (Å²) in [6.45, 7) is 2.96. The number of hydrogen-bond acceptors (Lipinski definition) is 3. The van der Waals surface area contributed by atoms with Crippen molar-refractivity contribution in [3.8, 4) is 0 Å². The zero-order valence-corrected chi connectivity index (χ0v) is 11.6. The first-order chi connectivity index (χ1) is 7.76. The third kappa shape index (κ3) is 6.56. The van der Waals surface area contributed by atoms with Crippen LogP contribution in [0, 0.1) is 0 Å². The molecule has 0 atom stereocenters. The number of aliphatic hydroxyl groups excluding tert-OH is 1. The summed E-state index contributed by atoms with van der Waals surface area (Å²) >= 11 is 1.55. The molecular formula is C12H19ClN2OS. The molecule has 0 saturated carbocycles. The minimum absolute atomic E-state index is 0. The molecule has 0 radical (unpaired) electrons. The first kappa shape index (κ1) is 16.3. The Bertz CT molecular complexity index is 341. The Labute approximate surface area is 113 Å². The number of aliphatic imine (C=N–C) groups is 1. The van der Waals surface area contributed by atoms with E-state index in [0.29, 0.717) is 5.17 Å². The van der Waals surface area contributed by atoms with Gasteiger partial charge in [-0.2, -0.15) is 0 Å². The van der Waals surface area contributed by atoms with Crippen molar-refractivity contribution in [1.29, 1.82) is 0 Å². The number of aliphatic hydroxyl groups is 1. The van der Waals surface area contributed by atoms with E-state index in [1.807, 2.05) is 24.3 Å². The van der Waals surface area contributed by atoms with Crippen molar-refractivity contribution in [2.45, 2.75) is 25.7 Å². The molecule has 0 fully saturated rings. The fourth-order valence-electron chi connectivity index (χ4n) is 1.17. The summed E-state index contributed by atoms with van der Waals surface area (Å²) in [4.78, 5) is 4.21. The molecule has 0 aliphatic heterocycles. The normalized spacial score (nSPS) is 11.1. The molecule has 3 nitrogen and oxygen atoms in total. The van der Waals surface area contributed by atoms with Crippen LogP contribution in [0.3, 0.4) is 0 Å². The van der Waals surface area contributed by atoms with Crippen molar-refractivity contribution < 1.29 is 5.11 Å². The second-order valence-electron chi connectivity index (χ2n) is 3.48. The number of halogens is 1. The lowest BCUT2D eigenvalue weighted by Crippen LogP contribution is -2.07. The second kappa shape index (κ2) is 9.33. The average Bonchev–Trinajstić information content (AvgIpc) is 2.34. The van der Waals surface area contributed by atoms with Crippen molar-refractivity contribution in [2.24, 2.45) is 10.7 Å². The Balaban J connectivity index is 0.00000256. The predicted molar refractivity (Wildman–Crippen MR) is 77.7 cm³/mol. The SMILES string of the molecule is CCCN=C(N)SCc1ccc(CO)cc1.Cl. The molecule has 0 aliphatic carbocycles. The average molecular weight is 275 g/mol. The van der Waals surface area contributed by atoms with Gasteiger partial charge in [0.05, 0.1) is 6.61 Å². The highest BCUT2D eigenvalue weighted by Gasteiger charge is 1.97. The molecule has 0 aliphatic rings. The van der Waals surface area contributed by atoms with Gasteiger partial charge in [0, 0.05) is 12.3 Å². The second-order valence-corrected chi connectivity index (χ2v) is 4.48. The van der Waals surface area contributed by atoms with Gasteiger partial charge in [0.2, 0.25) is 0 Å². The lowest BCUT2D eigenvalue weighted by molar-refractivity contribution is 0.282. The summed E-state index contributed by atoms with van der Waals surface area (Å²) in [6, 6.07) is 7.86. The molecule has 0 unspecified atom stereocenters. The Kier molecular flexibility index (Phi) is 8.94. The monoisotopic (exact) mass is 274 g/mol. The number of benzene rings is 1. The number of rotatable bonds is 5. The lowest BCUT2D eigenvalue weighted by atomic mass is 10.2. The number of thioether (sulfide) groups is 1. The highest BCUT2D eigenvalue weighted by molar-refractivity contribution is 8.13. The molecule has 0 saturated heterocycles. The van der Waals surface area contributed by atoms with Crippen LogP contribution in [0.25, 0.3) is 0 Å². The maximum Gasteiger partial charge on any atom is 0.154 e. The first-order valence-corrected chi connectivity index (χ1v) is 6.36. The van der Waals surface area contributed by atoms with Gasteiger partial charge in [-0.05, 0) is 17.5 Å². The fraction of sp³-hybridized carbons (Fsp3) is 0.417. The molecule has 0 heterocycles. The third-order valence-electron chi connectivity index (χ3n) is 2.08. The molecule has 17 heavy (non-hydrogen) atoms. The van der Waals surface area contributed by atoms with E-state index in [2.05, 4.69) is 11.9 Å². The van der Waals surface area contributed by atoms with E-state index >= 15 is 0 Å². The van der Waals surface area contributed by atoms with Gasteiger partial charge in [-0.1, -0.05) is 43.0 Å². The Hall–Kier alpha value is -0.710. The fourth-order valence-corrected chi connectivity index (χ4v) is 1.86. The highest BCUT2D eigenvalue weighted by atomic mass is 35.5. The summed E-state index contributed by atoms with van der Waals surface area (Å²) < 4.78 is 0. The van der Waals surface area contributed by atoms with Crippen molar-refractivity contribution in [1.82, 2.24) is 0 Å². The number of hydrogen-bond donors (Lipinski definition) is 2. The van der Waals surface area contributed by atoms with E-state index in [0.717, 1.165) is 24.3 Å². The van der Waals surface area contributed by atoms with Gasteiger partial charge in [0.25, 0.3) is 0 Å². The Morgan fingerprint density at radius 3 is 2.41 bits per heavy atom. The largest absolute Gasteiger partial charge is 0.392 e. The van der Waals surface area contributed by atoms with Crippen LogP contribution in [0.5, 0.6) is 0 Å². The highest BCUT2D eigenvalue weighted by Crippen LogP contribution is 2.13. The zero-order valence-electron chi connectivity index (χ0n) is 9.93. The molecule has 3 N–H and O–H groups in total. The number of amidine groups is 1. The Morgan fingerprint density at radius 2 is 1.88 bits per heavy atom. The van der Waals surface area contributed by atoms with Crippen LogP contribution in [0.1, 0.15) is 24.5 Å². The zero-order chi connectivity index (χ0) is 11.8. The van der Waals surface area contributed by atoms with Crippen molar-refractivity contribution in [3.63, 3.8) is 0 Å². The lowest BCUT2D eigenvalue weighted by Gasteiger charge is -2.02. The number of nitrogens with zero attached hydrogens (tertiary/aromatic N) is 1. The molecule has 0 spiro atoms. The first-order valence-electron chi connectivity index (χ1n) is 5.37. The molecule has 1 aromatic rings. The van der Waals surface area contributed by atoms with Crippen LogP contribution in [-0.2, 0) is 12.4 Å².